The third kappa shape index (κ3) is 2.76. The Morgan fingerprint density at radius 1 is 1.58 bits per heavy atom. The average molecular weight is 277 g/mol. The number of thiophene rings is 1. The van der Waals surface area contributed by atoms with Gasteiger partial charge in [-0.25, -0.2) is 0 Å². The number of carbonyl (C=O) groups is 2. The van der Waals surface area contributed by atoms with Gasteiger partial charge in [0.2, 0.25) is 5.91 Å². The minimum Gasteiger partial charge on any atom is -0.365 e. The van der Waals surface area contributed by atoms with Crippen molar-refractivity contribution in [2.45, 2.75) is 32.6 Å². The molecule has 100 valence electrons. The maximum Gasteiger partial charge on any atom is 0.251 e. The zero-order chi connectivity index (χ0) is 14.0. The van der Waals surface area contributed by atoms with Crippen molar-refractivity contribution in [1.82, 2.24) is 0 Å². The molecule has 6 heteroatoms. The molecule has 0 radical (unpaired) electrons. The number of hydrogen-bond acceptors (Lipinski definition) is 4. The number of carbonyl (C=O) groups excluding carboxylic acids is 2. The molecule has 1 atom stereocenters. The highest BCUT2D eigenvalue weighted by molar-refractivity contribution is 7.17. The van der Waals surface area contributed by atoms with Crippen molar-refractivity contribution in [1.29, 1.82) is 5.26 Å². The molecule has 0 aliphatic heterocycles. The molecule has 19 heavy (non-hydrogen) atoms. The van der Waals surface area contributed by atoms with E-state index in [9.17, 15) is 9.59 Å². The summed E-state index contributed by atoms with van der Waals surface area (Å²) in [6, 6.07) is 1.78. The van der Waals surface area contributed by atoms with Crippen LogP contribution in [0.5, 0.6) is 0 Å². The van der Waals surface area contributed by atoms with Crippen LogP contribution >= 0.6 is 11.3 Å². The van der Waals surface area contributed by atoms with Crippen LogP contribution in [-0.4, -0.2) is 11.8 Å². The van der Waals surface area contributed by atoms with Crippen LogP contribution in [0, 0.1) is 17.2 Å². The molecule has 2 amide bonds. The maximum absolute atomic E-state index is 11.6. The van der Waals surface area contributed by atoms with Gasteiger partial charge in [0.05, 0.1) is 11.6 Å². The van der Waals surface area contributed by atoms with E-state index in [2.05, 4.69) is 12.2 Å². The standard InChI is InChI=1S/C13H15N3O2S/c1-7-2-3-8-9(6-7)19-13(11(8)12(15)18)16-10(17)4-5-14/h7H,2-4,6H2,1H3,(H2,15,18)(H,16,17). The van der Waals surface area contributed by atoms with Crippen LogP contribution in [0.25, 0.3) is 0 Å². The molecule has 5 nitrogen and oxygen atoms in total. The van der Waals surface area contributed by atoms with Gasteiger partial charge in [0.1, 0.15) is 11.4 Å². The molecule has 0 saturated carbocycles. The van der Waals surface area contributed by atoms with Crippen molar-refractivity contribution < 1.29 is 9.59 Å². The van der Waals surface area contributed by atoms with E-state index in [1.165, 1.54) is 11.3 Å². The predicted octanol–water partition coefficient (Wildman–Crippen LogP) is 1.82. The van der Waals surface area contributed by atoms with Crippen LogP contribution < -0.4 is 11.1 Å². The van der Waals surface area contributed by atoms with Crippen LogP contribution in [0.15, 0.2) is 0 Å². The summed E-state index contributed by atoms with van der Waals surface area (Å²) < 4.78 is 0. The van der Waals surface area contributed by atoms with Gasteiger partial charge >= 0.3 is 0 Å². The van der Waals surface area contributed by atoms with Crippen LogP contribution in [0.4, 0.5) is 5.00 Å². The Hall–Kier alpha value is -1.87. The molecule has 1 unspecified atom stereocenters. The fourth-order valence-electron chi connectivity index (χ4n) is 2.34. The first-order valence-electron chi connectivity index (χ1n) is 6.14. The van der Waals surface area contributed by atoms with E-state index in [4.69, 9.17) is 11.0 Å². The molecule has 1 aliphatic rings. The lowest BCUT2D eigenvalue weighted by atomic mass is 9.88. The predicted molar refractivity (Wildman–Crippen MR) is 72.9 cm³/mol. The van der Waals surface area contributed by atoms with Crippen LogP contribution in [0.3, 0.4) is 0 Å². The molecular weight excluding hydrogens is 262 g/mol. The van der Waals surface area contributed by atoms with E-state index in [0.717, 1.165) is 29.7 Å². The topological polar surface area (TPSA) is 96.0 Å². The largest absolute Gasteiger partial charge is 0.365 e. The van der Waals surface area contributed by atoms with Crippen molar-refractivity contribution in [3.8, 4) is 6.07 Å². The molecule has 1 aromatic rings. The Balaban J connectivity index is 2.36. The summed E-state index contributed by atoms with van der Waals surface area (Å²) >= 11 is 1.41. The Kier molecular flexibility index (Phi) is 3.86. The molecule has 3 N–H and O–H groups in total. The second-order valence-electron chi connectivity index (χ2n) is 4.80. The fourth-order valence-corrected chi connectivity index (χ4v) is 3.77. The summed E-state index contributed by atoms with van der Waals surface area (Å²) in [4.78, 5) is 24.2. The molecule has 0 saturated heterocycles. The molecule has 0 aromatic carbocycles. The number of rotatable bonds is 3. The summed E-state index contributed by atoms with van der Waals surface area (Å²) in [6.07, 6.45) is 2.53. The summed E-state index contributed by atoms with van der Waals surface area (Å²) in [5.74, 6) is -0.342. The van der Waals surface area contributed by atoms with E-state index in [0.29, 0.717) is 16.5 Å². The number of nitrogens with zero attached hydrogens (tertiary/aromatic N) is 1. The third-order valence-corrected chi connectivity index (χ3v) is 4.42. The monoisotopic (exact) mass is 277 g/mol. The number of amides is 2. The van der Waals surface area contributed by atoms with Gasteiger partial charge in [-0.15, -0.1) is 11.3 Å². The molecule has 1 aliphatic carbocycles. The molecule has 2 rings (SSSR count). The second-order valence-corrected chi connectivity index (χ2v) is 5.91. The van der Waals surface area contributed by atoms with Gasteiger partial charge in [-0.3, -0.25) is 9.59 Å². The third-order valence-electron chi connectivity index (χ3n) is 3.25. The molecule has 0 bridgehead atoms. The lowest BCUT2D eigenvalue weighted by molar-refractivity contribution is -0.115. The Morgan fingerprint density at radius 2 is 2.32 bits per heavy atom. The van der Waals surface area contributed by atoms with Gasteiger partial charge in [0, 0.05) is 4.88 Å². The highest BCUT2D eigenvalue weighted by atomic mass is 32.1. The second kappa shape index (κ2) is 5.41. The zero-order valence-corrected chi connectivity index (χ0v) is 11.5. The lowest BCUT2D eigenvalue weighted by Crippen LogP contribution is -2.19. The Morgan fingerprint density at radius 3 is 2.95 bits per heavy atom. The molecular formula is C13H15N3O2S. The average Bonchev–Trinajstić information content (AvgIpc) is 2.65. The first kappa shape index (κ1) is 13.6. The number of nitriles is 1. The van der Waals surface area contributed by atoms with Crippen LogP contribution in [0.1, 0.15) is 40.6 Å². The molecule has 1 heterocycles. The van der Waals surface area contributed by atoms with Crippen LogP contribution in [0.2, 0.25) is 0 Å². The van der Waals surface area contributed by atoms with E-state index in [1.807, 2.05) is 0 Å². The first-order chi connectivity index (χ1) is 9.02. The highest BCUT2D eigenvalue weighted by Gasteiger charge is 2.27. The van der Waals surface area contributed by atoms with Crippen molar-refractivity contribution >= 4 is 28.2 Å². The maximum atomic E-state index is 11.6. The van der Waals surface area contributed by atoms with Crippen molar-refractivity contribution in [3.63, 3.8) is 0 Å². The van der Waals surface area contributed by atoms with Gasteiger partial charge in [0.25, 0.3) is 5.91 Å². The number of hydrogen-bond donors (Lipinski definition) is 2. The van der Waals surface area contributed by atoms with Gasteiger partial charge in [-0.2, -0.15) is 5.26 Å². The normalized spacial score (nSPS) is 17.4. The SMILES string of the molecule is CC1CCc2c(sc(NC(=O)CC#N)c2C(N)=O)C1. The van der Waals surface area contributed by atoms with Gasteiger partial charge in [0.15, 0.2) is 0 Å². The van der Waals surface area contributed by atoms with Crippen molar-refractivity contribution in [2.24, 2.45) is 11.7 Å². The molecule has 1 aromatic heterocycles. The summed E-state index contributed by atoms with van der Waals surface area (Å²) in [5, 5.41) is 11.6. The summed E-state index contributed by atoms with van der Waals surface area (Å²) in [5.41, 5.74) is 6.82. The number of anilines is 1. The van der Waals surface area contributed by atoms with E-state index in [1.54, 1.807) is 6.07 Å². The fraction of sp³-hybridized carbons (Fsp3) is 0.462. The smallest absolute Gasteiger partial charge is 0.251 e. The zero-order valence-electron chi connectivity index (χ0n) is 10.7. The van der Waals surface area contributed by atoms with Gasteiger partial charge in [-0.1, -0.05) is 6.92 Å². The molecule has 0 fully saturated rings. The number of nitrogens with one attached hydrogen (secondary N) is 1. The van der Waals surface area contributed by atoms with Crippen LogP contribution in [-0.2, 0) is 17.6 Å². The van der Waals surface area contributed by atoms with Crippen molar-refractivity contribution in [3.05, 3.63) is 16.0 Å². The van der Waals surface area contributed by atoms with Gasteiger partial charge in [-0.05, 0) is 30.7 Å². The highest BCUT2D eigenvalue weighted by Crippen LogP contribution is 2.39. The lowest BCUT2D eigenvalue weighted by Gasteiger charge is -2.18. The summed E-state index contributed by atoms with van der Waals surface area (Å²) in [6.45, 7) is 2.17. The number of nitrogens with two attached hydrogens (primary N) is 1. The van der Waals surface area contributed by atoms with E-state index >= 15 is 0 Å². The first-order valence-corrected chi connectivity index (χ1v) is 6.95. The number of fused-ring (bicyclic) bond motifs is 1. The van der Waals surface area contributed by atoms with Crippen molar-refractivity contribution in [2.75, 3.05) is 5.32 Å². The van der Waals surface area contributed by atoms with E-state index < -0.39 is 11.8 Å². The minimum absolute atomic E-state index is 0.225. The number of primary amides is 1. The summed E-state index contributed by atoms with van der Waals surface area (Å²) in [7, 11) is 0. The van der Waals surface area contributed by atoms with E-state index in [-0.39, 0.29) is 6.42 Å². The molecule has 0 spiro atoms. The Bertz CT molecular complexity index is 571. The quantitative estimate of drug-likeness (QED) is 0.882. The van der Waals surface area contributed by atoms with Gasteiger partial charge < -0.3 is 11.1 Å². The Labute approximate surface area is 115 Å². The minimum atomic E-state index is -0.515.